The van der Waals surface area contributed by atoms with Crippen LogP contribution in [0.25, 0.3) is 0 Å². The van der Waals surface area contributed by atoms with Crippen molar-refractivity contribution >= 4 is 17.3 Å². The molecule has 0 atom stereocenters. The largest absolute Gasteiger partial charge is 2.00 e. The summed E-state index contributed by atoms with van der Waals surface area (Å²) >= 11 is 0. The summed E-state index contributed by atoms with van der Waals surface area (Å²) in [4.78, 5) is 20.8. The molecule has 3 aromatic rings. The fourth-order valence-corrected chi connectivity index (χ4v) is 3.35. The van der Waals surface area contributed by atoms with Crippen LogP contribution in [0.5, 0.6) is 5.75 Å². The van der Waals surface area contributed by atoms with Crippen molar-refractivity contribution in [1.29, 1.82) is 0 Å². The molecule has 156 valence electrons. The molecule has 0 unspecified atom stereocenters. The Morgan fingerprint density at radius 1 is 1.00 bits per heavy atom. The minimum Gasteiger partial charge on any atom is -0.508 e. The first-order valence-electron chi connectivity index (χ1n) is 10.1. The molecule has 1 N–H and O–H groups in total. The van der Waals surface area contributed by atoms with Gasteiger partial charge in [-0.2, -0.15) is 35.9 Å². The molecule has 2 heterocycles. The Labute approximate surface area is 208 Å². The fraction of sp³-hybridized carbons (Fsp3) is 0.154. The third-order valence-corrected chi connectivity index (χ3v) is 5.04. The molecule has 0 saturated carbocycles. The Hall–Kier alpha value is -2.94. The zero-order valence-electron chi connectivity index (χ0n) is 18.0. The number of rotatable bonds is 3. The number of aryl methyl sites for hydroxylation is 1. The van der Waals surface area contributed by atoms with Crippen LogP contribution in [0.1, 0.15) is 11.1 Å². The van der Waals surface area contributed by atoms with E-state index in [0.29, 0.717) is 31.2 Å². The van der Waals surface area contributed by atoms with Gasteiger partial charge in [-0.25, -0.2) is 0 Å². The molecule has 3 aromatic carbocycles. The average molecular weight is 522 g/mol. The van der Waals surface area contributed by atoms with Gasteiger partial charge < -0.3 is 21.0 Å². The third kappa shape index (κ3) is 5.85. The van der Waals surface area contributed by atoms with Gasteiger partial charge in [0.2, 0.25) is 0 Å². The predicted molar refractivity (Wildman–Crippen MR) is 122 cm³/mol. The summed E-state index contributed by atoms with van der Waals surface area (Å²) in [6, 6.07) is 27.6. The molecule has 0 spiro atoms. The maximum Gasteiger partial charge on any atom is 2.00 e. The van der Waals surface area contributed by atoms with Crippen molar-refractivity contribution in [3.63, 3.8) is 0 Å². The third-order valence-electron chi connectivity index (χ3n) is 5.04. The molecular weight excluding hydrogens is 499 g/mol. The van der Waals surface area contributed by atoms with Crippen molar-refractivity contribution in [3.05, 3.63) is 108 Å². The summed E-state index contributed by atoms with van der Waals surface area (Å²) in [5.74, 6) is 0.771. The van der Waals surface area contributed by atoms with Crippen LogP contribution in [0.15, 0.2) is 89.7 Å². The second-order valence-electron chi connectivity index (χ2n) is 7.39. The van der Waals surface area contributed by atoms with Crippen LogP contribution in [-0.2, 0) is 38.5 Å². The quantitative estimate of drug-likeness (QED) is 0.416. The van der Waals surface area contributed by atoms with Gasteiger partial charge in [-0.1, -0.05) is 37.3 Å². The van der Waals surface area contributed by atoms with E-state index in [2.05, 4.69) is 24.1 Å². The van der Waals surface area contributed by atoms with Gasteiger partial charge in [0.25, 0.3) is 5.91 Å². The van der Waals surface area contributed by atoms with E-state index < -0.39 is 0 Å². The van der Waals surface area contributed by atoms with Gasteiger partial charge in [0.05, 0.1) is 6.67 Å². The normalized spacial score (nSPS) is 14.5. The van der Waals surface area contributed by atoms with Crippen LogP contribution in [0, 0.1) is 19.1 Å². The number of hydrogen-bond acceptors (Lipinski definition) is 4. The van der Waals surface area contributed by atoms with E-state index in [1.807, 2.05) is 71.6 Å². The summed E-state index contributed by atoms with van der Waals surface area (Å²) in [5.41, 5.74) is 3.85. The molecule has 0 bridgehead atoms. The summed E-state index contributed by atoms with van der Waals surface area (Å²) in [6.45, 7) is 3.06. The van der Waals surface area contributed by atoms with Crippen molar-refractivity contribution in [2.45, 2.75) is 13.3 Å². The molecule has 2 aliphatic rings. The monoisotopic (exact) mass is 523 g/mol. The number of carbonyl (C=O) groups excluding carboxylic acids is 1. The first-order chi connectivity index (χ1) is 15.1. The van der Waals surface area contributed by atoms with Crippen LogP contribution >= 0.6 is 0 Å². The van der Waals surface area contributed by atoms with Gasteiger partial charge in [-0.15, -0.1) is 6.54 Å². The van der Waals surface area contributed by atoms with Crippen LogP contribution in [-0.4, -0.2) is 34.8 Å². The van der Waals surface area contributed by atoms with E-state index in [-0.39, 0.29) is 39.0 Å². The molecule has 0 aromatic heterocycles. The van der Waals surface area contributed by atoms with Crippen molar-refractivity contribution < 1.29 is 37.2 Å². The maximum absolute atomic E-state index is 12.6. The van der Waals surface area contributed by atoms with Crippen LogP contribution in [0.3, 0.4) is 0 Å². The zero-order valence-corrected chi connectivity index (χ0v) is 22.1. The second kappa shape index (κ2) is 11.1. The SMILES string of the molecule is Cc1cc[c-]cc1.O=C1C(Cc2ccccc2)=NC2=[C-]CN(c3ccc(O)cc3)CN12.[Cd+2]. The fourth-order valence-electron chi connectivity index (χ4n) is 3.35. The van der Waals surface area contributed by atoms with Gasteiger partial charge in [0, 0.05) is 12.1 Å². The number of phenols is 1. The van der Waals surface area contributed by atoms with Gasteiger partial charge in [-0.3, -0.25) is 9.79 Å². The number of anilines is 1. The van der Waals surface area contributed by atoms with Crippen LogP contribution in [0.4, 0.5) is 5.69 Å². The van der Waals surface area contributed by atoms with Crippen molar-refractivity contribution in [3.8, 4) is 5.75 Å². The number of carbonyl (C=O) groups is 1. The summed E-state index contributed by atoms with van der Waals surface area (Å²) in [6.07, 6.45) is 3.72. The first kappa shape index (κ1) is 23.7. The standard InChI is InChI=1S/C19H16N3O2.C7H7.Cd/c23-16-8-6-15(7-9-16)21-11-10-18-20-17(19(24)22(18)13-21)12-14-4-2-1-3-5-14;1-7-5-3-2-4-6-7;/h1-9,23H,11-13H2;3-6H,1H3;/q2*-1;+2. The molecule has 0 radical (unpaired) electrons. The van der Waals surface area contributed by atoms with Gasteiger partial charge >= 0.3 is 27.3 Å². The molecule has 0 aliphatic carbocycles. The number of amides is 1. The number of aliphatic imine (C=N–C) groups is 1. The molecule has 6 heteroatoms. The molecular formula is C26H23CdN3O2. The molecule has 0 saturated heterocycles. The molecule has 1 amide bonds. The van der Waals surface area contributed by atoms with Gasteiger partial charge in [0.15, 0.2) is 0 Å². The Balaban J connectivity index is 0.000000311. The summed E-state index contributed by atoms with van der Waals surface area (Å²) < 4.78 is 0. The minimum atomic E-state index is -0.0650. The van der Waals surface area contributed by atoms with E-state index in [4.69, 9.17) is 0 Å². The van der Waals surface area contributed by atoms with E-state index in [9.17, 15) is 9.90 Å². The van der Waals surface area contributed by atoms with Crippen molar-refractivity contribution in [1.82, 2.24) is 4.90 Å². The van der Waals surface area contributed by atoms with E-state index in [1.54, 1.807) is 17.0 Å². The van der Waals surface area contributed by atoms with Crippen LogP contribution in [0.2, 0.25) is 0 Å². The predicted octanol–water partition coefficient (Wildman–Crippen LogP) is 4.13. The summed E-state index contributed by atoms with van der Waals surface area (Å²) in [5, 5.41) is 9.40. The minimum absolute atomic E-state index is 0. The van der Waals surface area contributed by atoms with Gasteiger partial charge in [0.1, 0.15) is 11.5 Å². The molecule has 32 heavy (non-hydrogen) atoms. The Kier molecular flexibility index (Phi) is 8.21. The van der Waals surface area contributed by atoms with E-state index >= 15 is 0 Å². The van der Waals surface area contributed by atoms with E-state index in [1.165, 1.54) is 5.56 Å². The second-order valence-corrected chi connectivity index (χ2v) is 7.39. The topological polar surface area (TPSA) is 56.1 Å². The van der Waals surface area contributed by atoms with Crippen LogP contribution < -0.4 is 4.90 Å². The summed E-state index contributed by atoms with van der Waals surface area (Å²) in [7, 11) is 0. The zero-order chi connectivity index (χ0) is 21.6. The Bertz CT molecular complexity index is 1100. The molecule has 2 aliphatic heterocycles. The first-order valence-corrected chi connectivity index (χ1v) is 10.1. The number of phenolic OH excluding ortho intramolecular Hbond substituents is 1. The maximum atomic E-state index is 12.6. The number of fused-ring (bicyclic) bond motifs is 1. The van der Waals surface area contributed by atoms with Crippen molar-refractivity contribution in [2.24, 2.45) is 4.99 Å². The smallest absolute Gasteiger partial charge is 0.508 e. The number of benzene rings is 3. The van der Waals surface area contributed by atoms with Gasteiger partial charge in [-0.05, 0) is 35.6 Å². The molecule has 5 rings (SSSR count). The van der Waals surface area contributed by atoms with E-state index in [0.717, 1.165) is 11.3 Å². The number of hydrogen-bond donors (Lipinski definition) is 1. The average Bonchev–Trinajstić information content (AvgIpc) is 3.11. The molecule has 0 fully saturated rings. The Morgan fingerprint density at radius 3 is 2.31 bits per heavy atom. The number of nitrogens with zero attached hydrogens (tertiary/aromatic N) is 3. The molecule has 5 nitrogen and oxygen atoms in total. The Morgan fingerprint density at radius 2 is 1.69 bits per heavy atom. The van der Waals surface area contributed by atoms with Crippen molar-refractivity contribution in [2.75, 3.05) is 18.1 Å². The number of aromatic hydroxyl groups is 1.